The molecule has 1 aliphatic heterocycles. The first kappa shape index (κ1) is 12.8. The zero-order valence-corrected chi connectivity index (χ0v) is 11.9. The Morgan fingerprint density at radius 3 is 2.59 bits per heavy atom. The Labute approximate surface area is 126 Å². The van der Waals surface area contributed by atoms with Crippen molar-refractivity contribution in [2.75, 3.05) is 0 Å². The quantitative estimate of drug-likeness (QED) is 0.750. The summed E-state index contributed by atoms with van der Waals surface area (Å²) in [4.78, 5) is 25.0. The smallest absolute Gasteiger partial charge is 0.288 e. The first-order chi connectivity index (χ1) is 10.6. The molecule has 22 heavy (non-hydrogen) atoms. The van der Waals surface area contributed by atoms with Gasteiger partial charge >= 0.3 is 0 Å². The maximum atomic E-state index is 12.8. The molecule has 0 aliphatic carbocycles. The molecule has 3 aromatic rings. The number of fused-ring (bicyclic) bond motifs is 2. The number of carbonyl (C=O) groups excluding carboxylic acids is 1. The normalized spacial score (nSPS) is 16.6. The number of carbonyl (C=O) groups is 1. The van der Waals surface area contributed by atoms with E-state index in [9.17, 15) is 9.59 Å². The first-order valence-electron chi connectivity index (χ1n) is 7.08. The second-order valence-corrected chi connectivity index (χ2v) is 5.49. The van der Waals surface area contributed by atoms with Crippen molar-refractivity contribution in [1.82, 2.24) is 5.32 Å². The van der Waals surface area contributed by atoms with Gasteiger partial charge in [0.15, 0.2) is 5.43 Å². The fourth-order valence-electron chi connectivity index (χ4n) is 2.92. The topological polar surface area (TPSA) is 59.3 Å². The maximum absolute atomic E-state index is 12.8. The lowest BCUT2D eigenvalue weighted by atomic mass is 9.99. The average Bonchev–Trinajstić information content (AvgIpc) is 2.87. The van der Waals surface area contributed by atoms with Gasteiger partial charge in [0.2, 0.25) is 5.76 Å². The lowest BCUT2D eigenvalue weighted by Crippen LogP contribution is -2.21. The molecule has 0 saturated heterocycles. The second-order valence-electron chi connectivity index (χ2n) is 5.49. The molecule has 2 aromatic carbocycles. The van der Waals surface area contributed by atoms with Crippen LogP contribution in [0.4, 0.5) is 0 Å². The van der Waals surface area contributed by atoms with Gasteiger partial charge in [-0.3, -0.25) is 9.59 Å². The Morgan fingerprint density at radius 2 is 1.82 bits per heavy atom. The molecule has 1 aromatic heterocycles. The molecule has 2 heterocycles. The molecule has 1 N–H and O–H groups in total. The molecule has 0 bridgehead atoms. The Hall–Kier alpha value is -2.88. The van der Waals surface area contributed by atoms with E-state index >= 15 is 0 Å². The van der Waals surface area contributed by atoms with Gasteiger partial charge in [-0.05, 0) is 24.6 Å². The van der Waals surface area contributed by atoms with Gasteiger partial charge in [0.25, 0.3) is 5.91 Å². The summed E-state index contributed by atoms with van der Waals surface area (Å²) < 4.78 is 5.69. The molecule has 0 spiro atoms. The third-order valence-corrected chi connectivity index (χ3v) is 3.98. The summed E-state index contributed by atoms with van der Waals surface area (Å²) in [7, 11) is 0. The van der Waals surface area contributed by atoms with Crippen LogP contribution in [0.25, 0.3) is 11.0 Å². The van der Waals surface area contributed by atoms with Crippen molar-refractivity contribution in [3.05, 3.63) is 81.2 Å². The fraction of sp³-hybridized carbons (Fsp3) is 0.111. The highest BCUT2D eigenvalue weighted by Gasteiger charge is 2.35. The molecule has 1 atom stereocenters. The second kappa shape index (κ2) is 4.56. The van der Waals surface area contributed by atoms with Crippen LogP contribution in [0.3, 0.4) is 0 Å². The van der Waals surface area contributed by atoms with Crippen LogP contribution in [-0.4, -0.2) is 5.91 Å². The van der Waals surface area contributed by atoms with E-state index in [1.807, 2.05) is 43.3 Å². The molecule has 0 fully saturated rings. The number of hydrogen-bond acceptors (Lipinski definition) is 3. The molecule has 1 aliphatic rings. The molecule has 4 heteroatoms. The minimum absolute atomic E-state index is 0.121. The van der Waals surface area contributed by atoms with Crippen LogP contribution in [0.5, 0.6) is 0 Å². The molecular weight excluding hydrogens is 278 g/mol. The van der Waals surface area contributed by atoms with E-state index in [2.05, 4.69) is 5.32 Å². The molecular formula is C18H13NO3. The van der Waals surface area contributed by atoms with Gasteiger partial charge in [-0.1, -0.05) is 42.0 Å². The van der Waals surface area contributed by atoms with Gasteiger partial charge in [0.05, 0.1) is 17.0 Å². The van der Waals surface area contributed by atoms with Crippen LogP contribution < -0.4 is 10.7 Å². The third-order valence-electron chi connectivity index (χ3n) is 3.98. The van der Waals surface area contributed by atoms with Crippen LogP contribution in [0.15, 0.2) is 57.7 Å². The van der Waals surface area contributed by atoms with Gasteiger partial charge in [0.1, 0.15) is 5.58 Å². The van der Waals surface area contributed by atoms with Crippen molar-refractivity contribution in [3.63, 3.8) is 0 Å². The van der Waals surface area contributed by atoms with Gasteiger partial charge in [-0.25, -0.2) is 0 Å². The molecule has 108 valence electrons. The largest absolute Gasteiger partial charge is 0.450 e. The summed E-state index contributed by atoms with van der Waals surface area (Å²) in [5, 5.41) is 3.34. The van der Waals surface area contributed by atoms with E-state index in [1.165, 1.54) is 0 Å². The van der Waals surface area contributed by atoms with Crippen LogP contribution in [0, 0.1) is 6.92 Å². The number of amides is 1. The van der Waals surface area contributed by atoms with Gasteiger partial charge in [-0.2, -0.15) is 0 Å². The van der Waals surface area contributed by atoms with E-state index in [4.69, 9.17) is 4.42 Å². The summed E-state index contributed by atoms with van der Waals surface area (Å²) in [5.41, 5.74) is 2.54. The van der Waals surface area contributed by atoms with Gasteiger partial charge < -0.3 is 9.73 Å². The molecule has 4 rings (SSSR count). The van der Waals surface area contributed by atoms with Gasteiger partial charge in [0, 0.05) is 0 Å². The lowest BCUT2D eigenvalue weighted by molar-refractivity contribution is 0.0938. The van der Waals surface area contributed by atoms with E-state index in [-0.39, 0.29) is 17.1 Å². The van der Waals surface area contributed by atoms with E-state index in [1.54, 1.807) is 12.1 Å². The van der Waals surface area contributed by atoms with Crippen molar-refractivity contribution < 1.29 is 9.21 Å². The van der Waals surface area contributed by atoms with Crippen molar-refractivity contribution in [2.24, 2.45) is 0 Å². The highest BCUT2D eigenvalue weighted by molar-refractivity contribution is 5.99. The van der Waals surface area contributed by atoms with Crippen molar-refractivity contribution in [1.29, 1.82) is 0 Å². The highest BCUT2D eigenvalue weighted by Crippen LogP contribution is 2.30. The fourth-order valence-corrected chi connectivity index (χ4v) is 2.92. The van der Waals surface area contributed by atoms with Crippen molar-refractivity contribution in [3.8, 4) is 0 Å². The Kier molecular flexibility index (Phi) is 2.66. The molecule has 0 saturated carbocycles. The lowest BCUT2D eigenvalue weighted by Gasteiger charge is -2.11. The number of aryl methyl sites for hydroxylation is 1. The summed E-state index contributed by atoms with van der Waals surface area (Å²) in [6, 6.07) is 14.4. The Balaban J connectivity index is 2.03. The maximum Gasteiger partial charge on any atom is 0.288 e. The molecule has 4 nitrogen and oxygen atoms in total. The SMILES string of the molecule is Cc1ccc2oc3c(c(=O)c2c1)C(c1ccccc1)NC3=O. The number of rotatable bonds is 1. The summed E-state index contributed by atoms with van der Waals surface area (Å²) in [6.07, 6.45) is 0. The van der Waals surface area contributed by atoms with E-state index in [0.29, 0.717) is 16.5 Å². The third kappa shape index (κ3) is 1.77. The standard InChI is InChI=1S/C18H13NO3/c1-10-7-8-13-12(9-10)16(20)14-15(11-5-3-2-4-6-11)19-18(21)17(14)22-13/h2-9,15H,1H3,(H,19,21). The number of benzene rings is 2. The van der Waals surface area contributed by atoms with Crippen molar-refractivity contribution >= 4 is 16.9 Å². The minimum atomic E-state index is -0.454. The zero-order valence-electron chi connectivity index (χ0n) is 11.9. The Morgan fingerprint density at radius 1 is 1.05 bits per heavy atom. The summed E-state index contributed by atoms with van der Waals surface area (Å²) >= 11 is 0. The van der Waals surface area contributed by atoms with Gasteiger partial charge in [-0.15, -0.1) is 0 Å². The first-order valence-corrected chi connectivity index (χ1v) is 7.08. The predicted octanol–water partition coefficient (Wildman–Crippen LogP) is 2.93. The zero-order chi connectivity index (χ0) is 15.3. The Bertz CT molecular complexity index is 957. The van der Waals surface area contributed by atoms with Crippen LogP contribution >= 0.6 is 0 Å². The summed E-state index contributed by atoms with van der Waals surface area (Å²) in [5.74, 6) is -0.223. The number of hydrogen-bond donors (Lipinski definition) is 1. The predicted molar refractivity (Wildman–Crippen MR) is 83.0 cm³/mol. The van der Waals surface area contributed by atoms with Crippen LogP contribution in [0.1, 0.15) is 33.3 Å². The highest BCUT2D eigenvalue weighted by atomic mass is 16.3. The molecule has 1 unspecified atom stereocenters. The average molecular weight is 291 g/mol. The minimum Gasteiger partial charge on any atom is -0.450 e. The van der Waals surface area contributed by atoms with E-state index < -0.39 is 6.04 Å². The monoisotopic (exact) mass is 291 g/mol. The van der Waals surface area contributed by atoms with Crippen LogP contribution in [-0.2, 0) is 0 Å². The van der Waals surface area contributed by atoms with Crippen molar-refractivity contribution in [2.45, 2.75) is 13.0 Å². The molecule has 1 amide bonds. The molecule has 0 radical (unpaired) electrons. The van der Waals surface area contributed by atoms with E-state index in [0.717, 1.165) is 11.1 Å². The summed E-state index contributed by atoms with van der Waals surface area (Å²) in [6.45, 7) is 1.92. The van der Waals surface area contributed by atoms with Crippen LogP contribution in [0.2, 0.25) is 0 Å². The number of nitrogens with one attached hydrogen (secondary N) is 1.